The van der Waals surface area contributed by atoms with Crippen molar-refractivity contribution in [2.45, 2.75) is 51.7 Å². The minimum atomic E-state index is -0.110. The van der Waals surface area contributed by atoms with Crippen LogP contribution in [0.25, 0.3) is 0 Å². The highest BCUT2D eigenvalue weighted by Crippen LogP contribution is 2.30. The summed E-state index contributed by atoms with van der Waals surface area (Å²) in [7, 11) is 0. The molecule has 2 heterocycles. The Balaban J connectivity index is 2.32. The van der Waals surface area contributed by atoms with Crippen LogP contribution >= 0.6 is 15.9 Å². The molecule has 0 amide bonds. The molecule has 1 saturated heterocycles. The molecule has 0 radical (unpaired) electrons. The number of aromatic amines is 1. The van der Waals surface area contributed by atoms with Gasteiger partial charge in [-0.2, -0.15) is 0 Å². The summed E-state index contributed by atoms with van der Waals surface area (Å²) in [4.78, 5) is 19.1. The Hall–Kier alpha value is -0.680. The molecule has 1 fully saturated rings. The van der Waals surface area contributed by atoms with Gasteiger partial charge in [0.1, 0.15) is 16.4 Å². The lowest BCUT2D eigenvalue weighted by molar-refractivity contribution is 0.0499. The second-order valence-corrected chi connectivity index (χ2v) is 5.27. The third kappa shape index (κ3) is 2.77. The van der Waals surface area contributed by atoms with Gasteiger partial charge in [-0.05, 0) is 42.1 Å². The summed E-state index contributed by atoms with van der Waals surface area (Å²) in [6.07, 6.45) is 3.92. The van der Waals surface area contributed by atoms with Gasteiger partial charge in [0.25, 0.3) is 5.56 Å². The Bertz CT molecular complexity index is 458. The number of nitrogens with zero attached hydrogens (tertiary/aromatic N) is 1. The van der Waals surface area contributed by atoms with Crippen LogP contribution < -0.4 is 5.56 Å². The number of rotatable bonds is 3. The molecule has 2 unspecified atom stereocenters. The van der Waals surface area contributed by atoms with Crippen molar-refractivity contribution in [3.8, 4) is 0 Å². The molecule has 5 heteroatoms. The maximum atomic E-state index is 11.8. The molecular formula is C12H17BrN2O2. The first-order valence-electron chi connectivity index (χ1n) is 6.05. The highest BCUT2D eigenvalue weighted by Gasteiger charge is 2.26. The van der Waals surface area contributed by atoms with Crippen LogP contribution in [0.5, 0.6) is 0 Å². The van der Waals surface area contributed by atoms with Crippen molar-refractivity contribution in [1.82, 2.24) is 9.97 Å². The molecule has 17 heavy (non-hydrogen) atoms. The monoisotopic (exact) mass is 300 g/mol. The Morgan fingerprint density at radius 2 is 2.29 bits per heavy atom. The molecule has 0 spiro atoms. The Labute approximate surface area is 109 Å². The van der Waals surface area contributed by atoms with E-state index in [0.29, 0.717) is 10.3 Å². The van der Waals surface area contributed by atoms with E-state index in [1.807, 2.05) is 6.92 Å². The summed E-state index contributed by atoms with van der Waals surface area (Å²) >= 11 is 3.29. The van der Waals surface area contributed by atoms with Crippen LogP contribution in [0.3, 0.4) is 0 Å². The molecule has 94 valence electrons. The van der Waals surface area contributed by atoms with Gasteiger partial charge in [0.05, 0.1) is 11.8 Å². The highest BCUT2D eigenvalue weighted by molar-refractivity contribution is 9.10. The maximum Gasteiger partial charge on any atom is 0.265 e. The van der Waals surface area contributed by atoms with Crippen molar-refractivity contribution in [2.24, 2.45) is 0 Å². The largest absolute Gasteiger partial charge is 0.367 e. The number of ether oxygens (including phenoxy) is 1. The van der Waals surface area contributed by atoms with Crippen molar-refractivity contribution in [3.05, 3.63) is 26.3 Å². The van der Waals surface area contributed by atoms with Crippen molar-refractivity contribution in [1.29, 1.82) is 0 Å². The van der Waals surface area contributed by atoms with E-state index in [-0.39, 0.29) is 17.8 Å². The van der Waals surface area contributed by atoms with E-state index in [2.05, 4.69) is 32.8 Å². The smallest absolute Gasteiger partial charge is 0.265 e. The van der Waals surface area contributed by atoms with Gasteiger partial charge >= 0.3 is 0 Å². The van der Waals surface area contributed by atoms with Gasteiger partial charge in [-0.1, -0.05) is 13.3 Å². The average Bonchev–Trinajstić information content (AvgIpc) is 2.71. The van der Waals surface area contributed by atoms with Crippen molar-refractivity contribution < 1.29 is 4.74 Å². The lowest BCUT2D eigenvalue weighted by atomic mass is 10.2. The fourth-order valence-corrected chi connectivity index (χ4v) is 2.47. The van der Waals surface area contributed by atoms with Crippen LogP contribution in [0.15, 0.2) is 9.27 Å². The number of H-pyrrole nitrogens is 1. The fraction of sp³-hybridized carbons (Fsp3) is 0.667. The van der Waals surface area contributed by atoms with Gasteiger partial charge in [-0.25, -0.2) is 4.98 Å². The minimum absolute atomic E-state index is 0.0543. The zero-order valence-corrected chi connectivity index (χ0v) is 11.7. The van der Waals surface area contributed by atoms with E-state index >= 15 is 0 Å². The minimum Gasteiger partial charge on any atom is -0.367 e. The van der Waals surface area contributed by atoms with Crippen LogP contribution in [0.1, 0.15) is 50.7 Å². The first-order valence-corrected chi connectivity index (χ1v) is 6.85. The normalized spacial score (nSPS) is 24.2. The fourth-order valence-electron chi connectivity index (χ4n) is 2.08. The summed E-state index contributed by atoms with van der Waals surface area (Å²) in [6, 6.07) is 0. The molecule has 0 bridgehead atoms. The van der Waals surface area contributed by atoms with E-state index in [4.69, 9.17) is 4.74 Å². The summed E-state index contributed by atoms with van der Waals surface area (Å²) in [5.41, 5.74) is 0.719. The lowest BCUT2D eigenvalue weighted by Gasteiger charge is -2.12. The van der Waals surface area contributed by atoms with Crippen molar-refractivity contribution in [2.75, 3.05) is 0 Å². The molecule has 2 atom stereocenters. The Kier molecular flexibility index (Phi) is 3.99. The van der Waals surface area contributed by atoms with Gasteiger partial charge < -0.3 is 9.72 Å². The maximum absolute atomic E-state index is 11.8. The Morgan fingerprint density at radius 1 is 1.53 bits per heavy atom. The van der Waals surface area contributed by atoms with Crippen LogP contribution in [-0.2, 0) is 11.2 Å². The van der Waals surface area contributed by atoms with E-state index in [0.717, 1.165) is 31.4 Å². The molecule has 1 aliphatic heterocycles. The van der Waals surface area contributed by atoms with Crippen molar-refractivity contribution in [3.63, 3.8) is 0 Å². The van der Waals surface area contributed by atoms with Crippen LogP contribution in [0.4, 0.5) is 0 Å². The van der Waals surface area contributed by atoms with E-state index in [1.165, 1.54) is 0 Å². The van der Waals surface area contributed by atoms with Gasteiger partial charge in [0, 0.05) is 0 Å². The van der Waals surface area contributed by atoms with Crippen LogP contribution in [0, 0.1) is 0 Å². The molecule has 4 nitrogen and oxygen atoms in total. The summed E-state index contributed by atoms with van der Waals surface area (Å²) in [5.74, 6) is 0.672. The number of hydrogen-bond donors (Lipinski definition) is 1. The predicted molar refractivity (Wildman–Crippen MR) is 69.1 cm³/mol. The highest BCUT2D eigenvalue weighted by atomic mass is 79.9. The van der Waals surface area contributed by atoms with Crippen LogP contribution in [-0.4, -0.2) is 16.1 Å². The molecule has 0 aromatic carbocycles. The molecule has 1 N–H and O–H groups in total. The average molecular weight is 301 g/mol. The second kappa shape index (κ2) is 5.31. The number of hydrogen-bond acceptors (Lipinski definition) is 3. The van der Waals surface area contributed by atoms with Gasteiger partial charge in [0.2, 0.25) is 0 Å². The molecule has 2 rings (SSSR count). The number of halogens is 1. The van der Waals surface area contributed by atoms with Gasteiger partial charge in [0.15, 0.2) is 0 Å². The van der Waals surface area contributed by atoms with Crippen LogP contribution in [0.2, 0.25) is 0 Å². The number of aryl methyl sites for hydroxylation is 1. The molecule has 1 aromatic rings. The van der Waals surface area contributed by atoms with Crippen molar-refractivity contribution >= 4 is 15.9 Å². The zero-order chi connectivity index (χ0) is 12.4. The Morgan fingerprint density at radius 3 is 2.88 bits per heavy atom. The quantitative estimate of drug-likeness (QED) is 0.934. The molecule has 1 aromatic heterocycles. The molecule has 0 saturated carbocycles. The van der Waals surface area contributed by atoms with Gasteiger partial charge in [-0.15, -0.1) is 0 Å². The number of aromatic nitrogens is 2. The van der Waals surface area contributed by atoms with E-state index in [1.54, 1.807) is 0 Å². The first kappa shape index (κ1) is 12.8. The number of nitrogens with one attached hydrogen (secondary N) is 1. The lowest BCUT2D eigenvalue weighted by Crippen LogP contribution is -2.18. The summed E-state index contributed by atoms with van der Waals surface area (Å²) < 4.78 is 6.28. The molecule has 0 aliphatic carbocycles. The summed E-state index contributed by atoms with van der Waals surface area (Å²) in [5, 5.41) is 0. The van der Waals surface area contributed by atoms with Gasteiger partial charge in [-0.3, -0.25) is 4.79 Å². The molecule has 1 aliphatic rings. The third-order valence-corrected chi connectivity index (χ3v) is 3.79. The second-order valence-electron chi connectivity index (χ2n) is 4.47. The SMILES string of the molecule is CCCc1nc(C2CCC(C)O2)[nH]c(=O)c1Br. The third-order valence-electron chi connectivity index (χ3n) is 2.97. The predicted octanol–water partition coefficient (Wildman–Crippen LogP) is 2.72. The standard InChI is InChI=1S/C12H17BrN2O2/c1-3-4-8-10(13)12(16)15-11(14-8)9-6-5-7(2)17-9/h7,9H,3-6H2,1-2H3,(H,14,15,16). The molecular weight excluding hydrogens is 284 g/mol. The first-order chi connectivity index (χ1) is 8.11. The topological polar surface area (TPSA) is 55.0 Å². The van der Waals surface area contributed by atoms with E-state index in [9.17, 15) is 4.79 Å². The summed E-state index contributed by atoms with van der Waals surface area (Å²) in [6.45, 7) is 4.12. The zero-order valence-electron chi connectivity index (χ0n) is 10.1. The van der Waals surface area contributed by atoms with E-state index < -0.39 is 0 Å².